The van der Waals surface area contributed by atoms with Gasteiger partial charge in [-0.25, -0.2) is 0 Å². The van der Waals surface area contributed by atoms with Gasteiger partial charge in [0.2, 0.25) is 0 Å². The first kappa shape index (κ1) is 14.8. The highest BCUT2D eigenvalue weighted by Crippen LogP contribution is 2.30. The molecule has 3 atom stereocenters. The lowest BCUT2D eigenvalue weighted by atomic mass is 9.89. The molecule has 1 aromatic rings. The van der Waals surface area contributed by atoms with Crippen LogP contribution in [0.4, 0.5) is 0 Å². The maximum Gasteiger partial charge on any atom is 0.118 e. The fourth-order valence-corrected chi connectivity index (χ4v) is 3.56. The van der Waals surface area contributed by atoms with E-state index in [-0.39, 0.29) is 0 Å². The first-order valence-corrected chi connectivity index (χ1v) is 7.95. The van der Waals surface area contributed by atoms with E-state index in [1.165, 1.54) is 25.7 Å². The minimum atomic E-state index is -0.448. The van der Waals surface area contributed by atoms with Crippen LogP contribution in [0.25, 0.3) is 0 Å². The third-order valence-corrected chi connectivity index (χ3v) is 4.76. The van der Waals surface area contributed by atoms with E-state index in [4.69, 9.17) is 9.47 Å². The molecule has 0 spiro atoms. The first-order valence-electron chi connectivity index (χ1n) is 7.95. The summed E-state index contributed by atoms with van der Waals surface area (Å²) >= 11 is 0. The van der Waals surface area contributed by atoms with E-state index in [1.54, 1.807) is 7.11 Å². The number of nitrogens with zero attached hydrogens (tertiary/aromatic N) is 1. The molecule has 1 aliphatic carbocycles. The molecular formula is C17H25NO3. The molecule has 3 rings (SSSR count). The Kier molecular flexibility index (Phi) is 4.78. The van der Waals surface area contributed by atoms with E-state index >= 15 is 0 Å². The molecule has 1 saturated carbocycles. The predicted octanol–water partition coefficient (Wildman–Crippen LogP) is 2.37. The normalized spacial score (nSPS) is 27.9. The molecule has 0 radical (unpaired) electrons. The summed E-state index contributed by atoms with van der Waals surface area (Å²) in [5.74, 6) is 0.824. The summed E-state index contributed by atoms with van der Waals surface area (Å²) in [5, 5.41) is 10.5. The minimum absolute atomic E-state index is 0.371. The van der Waals surface area contributed by atoms with Gasteiger partial charge in [0.25, 0.3) is 0 Å². The highest BCUT2D eigenvalue weighted by atomic mass is 16.5. The van der Waals surface area contributed by atoms with Crippen molar-refractivity contribution in [3.05, 3.63) is 29.8 Å². The monoisotopic (exact) mass is 291 g/mol. The zero-order chi connectivity index (χ0) is 14.7. The fraction of sp³-hybridized carbons (Fsp3) is 0.647. The van der Waals surface area contributed by atoms with Crippen molar-refractivity contribution in [2.45, 2.75) is 43.9 Å². The van der Waals surface area contributed by atoms with Crippen LogP contribution in [0.15, 0.2) is 24.3 Å². The molecule has 1 aliphatic heterocycles. The lowest BCUT2D eigenvalue weighted by Gasteiger charge is -2.44. The number of rotatable bonds is 4. The number of ether oxygens (including phenoxy) is 2. The Morgan fingerprint density at radius 2 is 2.05 bits per heavy atom. The van der Waals surface area contributed by atoms with Crippen LogP contribution < -0.4 is 4.74 Å². The van der Waals surface area contributed by atoms with Crippen LogP contribution in [0.1, 0.15) is 37.4 Å². The summed E-state index contributed by atoms with van der Waals surface area (Å²) in [6.07, 6.45) is 4.84. The molecule has 0 aromatic heterocycles. The van der Waals surface area contributed by atoms with Gasteiger partial charge in [0.15, 0.2) is 0 Å². The lowest BCUT2D eigenvalue weighted by Crippen LogP contribution is -2.53. The second-order valence-electron chi connectivity index (χ2n) is 6.04. The number of fused-ring (bicyclic) bond motifs is 1. The first-order chi connectivity index (χ1) is 10.3. The van der Waals surface area contributed by atoms with Gasteiger partial charge in [0, 0.05) is 19.1 Å². The number of aliphatic hydroxyl groups is 1. The Labute approximate surface area is 126 Å². The van der Waals surface area contributed by atoms with Crippen LogP contribution in [-0.2, 0) is 4.74 Å². The van der Waals surface area contributed by atoms with Crippen LogP contribution in [0, 0.1) is 0 Å². The van der Waals surface area contributed by atoms with Crippen LogP contribution >= 0.6 is 0 Å². The van der Waals surface area contributed by atoms with Crippen molar-refractivity contribution in [2.75, 3.05) is 26.8 Å². The van der Waals surface area contributed by atoms with E-state index in [1.807, 2.05) is 24.3 Å². The molecule has 1 saturated heterocycles. The Morgan fingerprint density at radius 3 is 2.81 bits per heavy atom. The SMILES string of the molecule is COc1ccc(C(O)CN2CCOC3CCCCC32)cc1. The van der Waals surface area contributed by atoms with Crippen LogP contribution in [-0.4, -0.2) is 49.0 Å². The van der Waals surface area contributed by atoms with Gasteiger partial charge in [-0.3, -0.25) is 4.90 Å². The van der Waals surface area contributed by atoms with E-state index < -0.39 is 6.10 Å². The van der Waals surface area contributed by atoms with Crippen molar-refractivity contribution < 1.29 is 14.6 Å². The van der Waals surface area contributed by atoms with E-state index in [9.17, 15) is 5.11 Å². The van der Waals surface area contributed by atoms with Gasteiger partial charge in [-0.1, -0.05) is 25.0 Å². The quantitative estimate of drug-likeness (QED) is 0.925. The van der Waals surface area contributed by atoms with Gasteiger partial charge in [-0.2, -0.15) is 0 Å². The zero-order valence-electron chi connectivity index (χ0n) is 12.7. The Hall–Kier alpha value is -1.10. The third-order valence-electron chi connectivity index (χ3n) is 4.76. The van der Waals surface area contributed by atoms with Gasteiger partial charge < -0.3 is 14.6 Å². The number of methoxy groups -OCH3 is 1. The average Bonchev–Trinajstić information content (AvgIpc) is 2.55. The van der Waals surface area contributed by atoms with Crippen molar-refractivity contribution in [3.8, 4) is 5.75 Å². The van der Waals surface area contributed by atoms with Crippen molar-refractivity contribution in [3.63, 3.8) is 0 Å². The van der Waals surface area contributed by atoms with Gasteiger partial charge in [0.05, 0.1) is 25.9 Å². The maximum atomic E-state index is 10.5. The largest absolute Gasteiger partial charge is 0.497 e. The molecule has 1 N–H and O–H groups in total. The van der Waals surface area contributed by atoms with Crippen molar-refractivity contribution in [2.24, 2.45) is 0 Å². The summed E-state index contributed by atoms with van der Waals surface area (Å²) < 4.78 is 11.1. The summed E-state index contributed by atoms with van der Waals surface area (Å²) in [4.78, 5) is 2.42. The van der Waals surface area contributed by atoms with Gasteiger partial charge in [-0.05, 0) is 30.5 Å². The summed E-state index contributed by atoms with van der Waals surface area (Å²) in [7, 11) is 1.66. The van der Waals surface area contributed by atoms with Crippen LogP contribution in [0.3, 0.4) is 0 Å². The second kappa shape index (κ2) is 6.77. The average molecular weight is 291 g/mol. The topological polar surface area (TPSA) is 41.9 Å². The van der Waals surface area contributed by atoms with E-state index in [2.05, 4.69) is 4.90 Å². The standard InChI is InChI=1S/C17H25NO3/c1-20-14-8-6-13(7-9-14)16(19)12-18-10-11-21-17-5-3-2-4-15(17)18/h6-9,15-17,19H,2-5,10-12H2,1H3. The van der Waals surface area contributed by atoms with Crippen LogP contribution in [0.2, 0.25) is 0 Å². The molecular weight excluding hydrogens is 266 g/mol. The molecule has 21 heavy (non-hydrogen) atoms. The number of morpholine rings is 1. The zero-order valence-corrected chi connectivity index (χ0v) is 12.7. The Balaban J connectivity index is 1.63. The molecule has 4 heteroatoms. The summed E-state index contributed by atoms with van der Waals surface area (Å²) in [6, 6.07) is 8.19. The van der Waals surface area contributed by atoms with E-state index in [0.717, 1.165) is 24.5 Å². The fourth-order valence-electron chi connectivity index (χ4n) is 3.56. The van der Waals surface area contributed by atoms with E-state index in [0.29, 0.717) is 18.7 Å². The minimum Gasteiger partial charge on any atom is -0.497 e. The Morgan fingerprint density at radius 1 is 1.29 bits per heavy atom. The van der Waals surface area contributed by atoms with Gasteiger partial charge in [0.1, 0.15) is 5.75 Å². The Bertz CT molecular complexity index is 446. The molecule has 1 aromatic carbocycles. The second-order valence-corrected chi connectivity index (χ2v) is 6.04. The lowest BCUT2D eigenvalue weighted by molar-refractivity contribution is -0.0974. The highest BCUT2D eigenvalue weighted by molar-refractivity contribution is 5.28. The summed E-state index contributed by atoms with van der Waals surface area (Å²) in [6.45, 7) is 2.40. The number of benzene rings is 1. The van der Waals surface area contributed by atoms with Crippen molar-refractivity contribution in [1.82, 2.24) is 4.90 Å². The number of hydrogen-bond acceptors (Lipinski definition) is 4. The van der Waals surface area contributed by atoms with Gasteiger partial charge >= 0.3 is 0 Å². The smallest absolute Gasteiger partial charge is 0.118 e. The maximum absolute atomic E-state index is 10.5. The molecule has 2 aliphatic rings. The third kappa shape index (κ3) is 3.39. The summed E-state index contributed by atoms with van der Waals surface area (Å²) in [5.41, 5.74) is 0.953. The molecule has 0 bridgehead atoms. The molecule has 0 amide bonds. The predicted molar refractivity (Wildman–Crippen MR) is 81.5 cm³/mol. The number of hydrogen-bond donors (Lipinski definition) is 1. The molecule has 3 unspecified atom stereocenters. The highest BCUT2D eigenvalue weighted by Gasteiger charge is 2.34. The van der Waals surface area contributed by atoms with Crippen LogP contribution in [0.5, 0.6) is 5.75 Å². The molecule has 2 fully saturated rings. The van der Waals surface area contributed by atoms with Crippen molar-refractivity contribution >= 4 is 0 Å². The van der Waals surface area contributed by atoms with Crippen molar-refractivity contribution in [1.29, 1.82) is 0 Å². The number of aliphatic hydroxyl groups excluding tert-OH is 1. The number of β-amino-alcohol motifs (C(OH)–C–C–N with tert-alkyl or cyclic N) is 1. The van der Waals surface area contributed by atoms with Gasteiger partial charge in [-0.15, -0.1) is 0 Å². The molecule has 4 nitrogen and oxygen atoms in total. The molecule has 1 heterocycles. The molecule has 116 valence electrons.